The second-order valence-corrected chi connectivity index (χ2v) is 3.02. The summed E-state index contributed by atoms with van der Waals surface area (Å²) in [6.07, 6.45) is -3.75. The smallest absolute Gasteiger partial charge is 0.173 e. The second-order valence-electron chi connectivity index (χ2n) is 3.02. The van der Waals surface area contributed by atoms with Gasteiger partial charge in [0.2, 0.25) is 0 Å². The van der Waals surface area contributed by atoms with Crippen LogP contribution in [0.3, 0.4) is 0 Å². The van der Waals surface area contributed by atoms with Gasteiger partial charge in [-0.2, -0.15) is 0 Å². The van der Waals surface area contributed by atoms with Crippen molar-refractivity contribution in [3.63, 3.8) is 0 Å². The Labute approximate surface area is 75.9 Å². The van der Waals surface area contributed by atoms with Gasteiger partial charge in [-0.15, -0.1) is 0 Å². The molecule has 0 aromatic rings. The summed E-state index contributed by atoms with van der Waals surface area (Å²) in [5.41, 5.74) is 5.42. The molecular formula is C7H15NO5. The van der Waals surface area contributed by atoms with Crippen LogP contribution >= 0.6 is 0 Å². The molecule has 0 bridgehead atoms. The molecule has 2 unspecified atom stereocenters. The highest BCUT2D eigenvalue weighted by atomic mass is 16.6. The maximum atomic E-state index is 9.51. The van der Waals surface area contributed by atoms with Gasteiger partial charge in [0.25, 0.3) is 0 Å². The zero-order valence-corrected chi connectivity index (χ0v) is 7.33. The summed E-state index contributed by atoms with van der Waals surface area (Å²) in [6, 6.07) is -0.909. The van der Waals surface area contributed by atoms with Gasteiger partial charge in [-0.3, -0.25) is 0 Å². The van der Waals surface area contributed by atoms with E-state index in [2.05, 4.69) is 0 Å². The van der Waals surface area contributed by atoms with Gasteiger partial charge in [-0.25, -0.2) is 0 Å². The van der Waals surface area contributed by atoms with Crippen LogP contribution in [0.2, 0.25) is 0 Å². The highest BCUT2D eigenvalue weighted by Gasteiger charge is 2.42. The largest absolute Gasteiger partial charge is 0.394 e. The van der Waals surface area contributed by atoms with Crippen LogP contribution in [-0.4, -0.2) is 59.7 Å². The topological polar surface area (TPSA) is 105 Å². The maximum absolute atomic E-state index is 9.51. The number of aliphatic hydroxyl groups is 3. The first kappa shape index (κ1) is 10.8. The van der Waals surface area contributed by atoms with Gasteiger partial charge >= 0.3 is 0 Å². The third-order valence-electron chi connectivity index (χ3n) is 2.19. The minimum Gasteiger partial charge on any atom is -0.394 e. The molecule has 13 heavy (non-hydrogen) atoms. The third kappa shape index (κ3) is 1.98. The Hall–Kier alpha value is -0.240. The van der Waals surface area contributed by atoms with E-state index in [9.17, 15) is 10.2 Å². The van der Waals surface area contributed by atoms with Crippen LogP contribution in [0, 0.1) is 0 Å². The fraction of sp³-hybridized carbons (Fsp3) is 1.00. The molecule has 1 aliphatic heterocycles. The zero-order chi connectivity index (χ0) is 10.0. The molecule has 1 fully saturated rings. The Morgan fingerprint density at radius 1 is 1.46 bits per heavy atom. The van der Waals surface area contributed by atoms with Gasteiger partial charge in [-0.1, -0.05) is 0 Å². The maximum Gasteiger partial charge on any atom is 0.173 e. The van der Waals surface area contributed by atoms with E-state index in [4.69, 9.17) is 20.3 Å². The van der Waals surface area contributed by atoms with E-state index < -0.39 is 30.6 Å². The Morgan fingerprint density at radius 3 is 2.54 bits per heavy atom. The molecule has 0 radical (unpaired) electrons. The number of aliphatic hydroxyl groups excluding tert-OH is 3. The van der Waals surface area contributed by atoms with Crippen molar-refractivity contribution in [2.24, 2.45) is 5.73 Å². The van der Waals surface area contributed by atoms with E-state index >= 15 is 0 Å². The number of methoxy groups -OCH3 is 1. The van der Waals surface area contributed by atoms with Crippen molar-refractivity contribution in [2.45, 2.75) is 30.6 Å². The van der Waals surface area contributed by atoms with E-state index in [1.54, 1.807) is 0 Å². The van der Waals surface area contributed by atoms with Crippen LogP contribution in [0.1, 0.15) is 0 Å². The van der Waals surface area contributed by atoms with Crippen molar-refractivity contribution in [1.82, 2.24) is 0 Å². The summed E-state index contributed by atoms with van der Waals surface area (Å²) in [5, 5.41) is 27.5. The normalized spacial score (nSPS) is 46.4. The van der Waals surface area contributed by atoms with E-state index in [1.807, 2.05) is 0 Å². The average molecular weight is 193 g/mol. The standard InChI is InChI=1S/C7H15NO5/c1-12-6-3(2-9)13-7(11)4(8)5(6)10/h3-7,9-11H,2,8H2,1H3/t3?,4?,5-,6+,7-/m1/s1. The van der Waals surface area contributed by atoms with Crippen molar-refractivity contribution in [3.8, 4) is 0 Å². The number of hydrogen-bond acceptors (Lipinski definition) is 6. The summed E-state index contributed by atoms with van der Waals surface area (Å²) in [4.78, 5) is 0. The lowest BCUT2D eigenvalue weighted by Gasteiger charge is -2.39. The highest BCUT2D eigenvalue weighted by Crippen LogP contribution is 2.20. The van der Waals surface area contributed by atoms with Crippen LogP contribution in [0.4, 0.5) is 0 Å². The highest BCUT2D eigenvalue weighted by molar-refractivity contribution is 4.91. The van der Waals surface area contributed by atoms with Crippen LogP contribution in [0.25, 0.3) is 0 Å². The van der Waals surface area contributed by atoms with Gasteiger partial charge in [0, 0.05) is 7.11 Å². The lowest BCUT2D eigenvalue weighted by molar-refractivity contribution is -0.254. The molecule has 0 aliphatic carbocycles. The van der Waals surface area contributed by atoms with Gasteiger partial charge in [-0.05, 0) is 0 Å². The Kier molecular flexibility index (Phi) is 3.60. The molecule has 1 rings (SSSR count). The quantitative estimate of drug-likeness (QED) is 0.383. The van der Waals surface area contributed by atoms with Crippen molar-refractivity contribution < 1.29 is 24.8 Å². The van der Waals surface area contributed by atoms with E-state index in [-0.39, 0.29) is 6.61 Å². The first-order chi connectivity index (χ1) is 6.11. The molecule has 0 amide bonds. The van der Waals surface area contributed by atoms with E-state index in [0.29, 0.717) is 0 Å². The van der Waals surface area contributed by atoms with Crippen molar-refractivity contribution in [1.29, 1.82) is 0 Å². The molecule has 5 N–H and O–H groups in total. The molecule has 6 heteroatoms. The van der Waals surface area contributed by atoms with Gasteiger partial charge < -0.3 is 30.5 Å². The Balaban J connectivity index is 2.69. The third-order valence-corrected chi connectivity index (χ3v) is 2.19. The molecule has 0 aromatic heterocycles. The van der Waals surface area contributed by atoms with Gasteiger partial charge in [0.05, 0.1) is 12.6 Å². The number of ether oxygens (including phenoxy) is 2. The first-order valence-electron chi connectivity index (χ1n) is 4.02. The Bertz CT molecular complexity index is 165. The minimum atomic E-state index is -1.27. The molecule has 0 aromatic carbocycles. The lowest BCUT2D eigenvalue weighted by Crippen LogP contribution is -2.62. The first-order valence-corrected chi connectivity index (χ1v) is 4.02. The van der Waals surface area contributed by atoms with Crippen LogP contribution in [0.5, 0.6) is 0 Å². The molecule has 1 aliphatic rings. The molecule has 1 saturated heterocycles. The predicted octanol–water partition coefficient (Wildman–Crippen LogP) is -2.60. The molecule has 78 valence electrons. The summed E-state index contributed by atoms with van der Waals surface area (Å²) < 4.78 is 9.82. The molecular weight excluding hydrogens is 178 g/mol. The second kappa shape index (κ2) is 4.32. The summed E-state index contributed by atoms with van der Waals surface area (Å²) in [7, 11) is 1.38. The Morgan fingerprint density at radius 2 is 2.08 bits per heavy atom. The molecule has 5 atom stereocenters. The summed E-state index contributed by atoms with van der Waals surface area (Å²) >= 11 is 0. The fourth-order valence-electron chi connectivity index (χ4n) is 1.39. The number of hydrogen-bond donors (Lipinski definition) is 4. The predicted molar refractivity (Wildman–Crippen MR) is 42.7 cm³/mol. The van der Waals surface area contributed by atoms with Crippen LogP contribution in [-0.2, 0) is 9.47 Å². The van der Waals surface area contributed by atoms with Crippen LogP contribution < -0.4 is 5.73 Å². The fourth-order valence-corrected chi connectivity index (χ4v) is 1.39. The van der Waals surface area contributed by atoms with Gasteiger partial charge in [0.15, 0.2) is 6.29 Å². The van der Waals surface area contributed by atoms with Gasteiger partial charge in [0.1, 0.15) is 18.3 Å². The minimum absolute atomic E-state index is 0.334. The molecule has 1 heterocycles. The summed E-state index contributed by atoms with van der Waals surface area (Å²) in [5.74, 6) is 0. The van der Waals surface area contributed by atoms with Crippen molar-refractivity contribution >= 4 is 0 Å². The molecule has 6 nitrogen and oxygen atoms in total. The van der Waals surface area contributed by atoms with E-state index in [0.717, 1.165) is 0 Å². The molecule has 0 saturated carbocycles. The molecule has 0 spiro atoms. The number of nitrogens with two attached hydrogens (primary N) is 1. The number of rotatable bonds is 2. The monoisotopic (exact) mass is 193 g/mol. The van der Waals surface area contributed by atoms with E-state index in [1.165, 1.54) is 7.11 Å². The van der Waals surface area contributed by atoms with Crippen molar-refractivity contribution in [3.05, 3.63) is 0 Å². The zero-order valence-electron chi connectivity index (χ0n) is 7.33. The van der Waals surface area contributed by atoms with Crippen LogP contribution in [0.15, 0.2) is 0 Å². The average Bonchev–Trinajstić information content (AvgIpc) is 2.13. The SMILES string of the molecule is CO[C@H]1C(CO)O[C@@H](O)C(N)[C@H]1O. The summed E-state index contributed by atoms with van der Waals surface area (Å²) in [6.45, 7) is -0.334. The lowest BCUT2D eigenvalue weighted by atomic mass is 9.98. The van der Waals surface area contributed by atoms with Crippen molar-refractivity contribution in [2.75, 3.05) is 13.7 Å².